The molecule has 2 radical (unpaired) electrons. The molecule has 0 amide bonds. The van der Waals surface area contributed by atoms with E-state index in [2.05, 4.69) is 0 Å². The van der Waals surface area contributed by atoms with Gasteiger partial charge in [0.15, 0.2) is 0 Å². The van der Waals surface area contributed by atoms with Crippen molar-refractivity contribution in [1.29, 1.82) is 0 Å². The summed E-state index contributed by atoms with van der Waals surface area (Å²) in [6.45, 7) is 0. The molecule has 0 heterocycles. The molecule has 0 atom stereocenters. The average Bonchev–Trinajstić information content (AvgIpc) is 0.722. The van der Waals surface area contributed by atoms with Crippen molar-refractivity contribution in [2.75, 3.05) is 0 Å². The first-order valence-corrected chi connectivity index (χ1v) is 2.10. The van der Waals surface area contributed by atoms with Crippen molar-refractivity contribution in [2.24, 2.45) is 0 Å². The molecule has 0 aromatic rings. The number of hydrogen-bond acceptors (Lipinski definition) is 2. The summed E-state index contributed by atoms with van der Waals surface area (Å²) in [4.78, 5) is 0. The Balaban J connectivity index is -0.0000000267. The molecule has 46 valence electrons. The van der Waals surface area contributed by atoms with Crippen LogP contribution in [0.25, 0.3) is 0 Å². The van der Waals surface area contributed by atoms with Crippen molar-refractivity contribution in [3.8, 4) is 0 Å². The molecule has 0 unspecified atom stereocenters. The Labute approximate surface area is 108 Å². The van der Waals surface area contributed by atoms with Gasteiger partial charge in [0, 0.05) is 76.9 Å². The second-order valence-corrected chi connectivity index (χ2v) is 1.34. The number of hydrogen-bond donors (Lipinski definition) is 2. The van der Waals surface area contributed by atoms with E-state index in [0.29, 0.717) is 0 Å². The van der Waals surface area contributed by atoms with E-state index in [0.717, 1.165) is 0 Å². The van der Waals surface area contributed by atoms with Gasteiger partial charge in [-0.15, -0.1) is 0 Å². The monoisotopic (exact) mass is 396 g/mol. The van der Waals surface area contributed by atoms with Gasteiger partial charge in [0.25, 0.3) is 0 Å². The Morgan fingerprint density at radius 3 is 1.12 bits per heavy atom. The summed E-state index contributed by atoms with van der Waals surface area (Å²) in [5, 5.41) is 0. The fourth-order valence-corrected chi connectivity index (χ4v) is 0. The summed E-state index contributed by atoms with van der Waals surface area (Å²) in [5.74, 6) is 0. The maximum atomic E-state index is 8.74. The van der Waals surface area contributed by atoms with Crippen molar-refractivity contribution in [1.82, 2.24) is 0 Å². The molecule has 0 saturated carbocycles. The van der Waals surface area contributed by atoms with Gasteiger partial charge in [-0.25, -0.2) is 0 Å². The predicted octanol–water partition coefficient (Wildman–Crippen LogP) is -1.48. The maximum Gasteiger partial charge on any atom is 0.394 e. The van der Waals surface area contributed by atoms with Crippen molar-refractivity contribution >= 4 is 10.4 Å². The van der Waals surface area contributed by atoms with Gasteiger partial charge in [-0.3, -0.25) is 9.11 Å². The van der Waals surface area contributed by atoms with E-state index in [1.54, 1.807) is 0 Å². The van der Waals surface area contributed by atoms with Gasteiger partial charge in [0.05, 0.1) is 0 Å². The van der Waals surface area contributed by atoms with Crippen LogP contribution in [0.2, 0.25) is 0 Å². The Morgan fingerprint density at radius 1 is 1.12 bits per heavy atom. The quantitative estimate of drug-likeness (QED) is 0.488. The molecule has 4 N–H and O–H groups in total. The van der Waals surface area contributed by atoms with Gasteiger partial charge in [-0.2, -0.15) is 8.42 Å². The van der Waals surface area contributed by atoms with Crippen LogP contribution in [-0.2, 0) is 10.4 Å². The minimum atomic E-state index is -4.67. The van der Waals surface area contributed by atoms with Gasteiger partial charge in [-0.05, 0) is 0 Å². The summed E-state index contributed by atoms with van der Waals surface area (Å²) in [7, 11) is -4.67. The standard InChI is InChI=1S/La.H2O4S.H2O.Pr/c;1-5(2,3)4;;/h;(H2,1,2,3,4);1H2;. The van der Waals surface area contributed by atoms with Crippen molar-refractivity contribution in [3.63, 3.8) is 0 Å². The molecule has 0 aliphatic carbocycles. The topological polar surface area (TPSA) is 106 Å². The van der Waals surface area contributed by atoms with Crippen LogP contribution in [0.15, 0.2) is 0 Å². The van der Waals surface area contributed by atoms with E-state index in [1.807, 2.05) is 0 Å². The summed E-state index contributed by atoms with van der Waals surface area (Å²) in [6, 6.07) is 0. The zero-order valence-electron chi connectivity index (χ0n) is 3.77. The third-order valence-corrected chi connectivity index (χ3v) is 0. The molecule has 5 nitrogen and oxygen atoms in total. The van der Waals surface area contributed by atoms with E-state index in [9.17, 15) is 0 Å². The fraction of sp³-hybridized carbons (Fsp3) is 0. The minimum absolute atomic E-state index is 0. The zero-order chi connectivity index (χ0) is 4.50. The van der Waals surface area contributed by atoms with Crippen LogP contribution < -0.4 is 0 Å². The smallest absolute Gasteiger partial charge is 0.394 e. The van der Waals surface area contributed by atoms with Gasteiger partial charge < -0.3 is 5.48 Å². The zero-order valence-corrected chi connectivity index (χ0v) is 11.9. The van der Waals surface area contributed by atoms with Crippen molar-refractivity contribution in [2.45, 2.75) is 0 Å². The molecule has 0 fully saturated rings. The average molecular weight is 396 g/mol. The normalized spacial score (nSPS) is 7.25. The number of rotatable bonds is 0. The molecular formula is H4LaO5PrS. The largest absolute Gasteiger partial charge is 0.412 e. The summed E-state index contributed by atoms with van der Waals surface area (Å²) < 4.78 is 31.6. The third-order valence-electron chi connectivity index (χ3n) is 0. The molecule has 8 heavy (non-hydrogen) atoms. The Morgan fingerprint density at radius 2 is 1.12 bits per heavy atom. The SMILES string of the molecule is O.O=S(=O)(O)O.[La].[Pr]. The second kappa shape index (κ2) is 9.39. The van der Waals surface area contributed by atoms with Crippen LogP contribution >= 0.6 is 0 Å². The molecular weight excluding hydrogens is 392 g/mol. The molecule has 0 bridgehead atoms. The van der Waals surface area contributed by atoms with Gasteiger partial charge in [0.1, 0.15) is 0 Å². The van der Waals surface area contributed by atoms with Crippen LogP contribution in [-0.4, -0.2) is 23.0 Å². The first kappa shape index (κ1) is 22.4. The van der Waals surface area contributed by atoms with Crippen LogP contribution in [0, 0.1) is 76.9 Å². The third kappa shape index (κ3) is 80.3. The van der Waals surface area contributed by atoms with Gasteiger partial charge in [-0.1, -0.05) is 0 Å². The maximum absolute atomic E-state index is 8.74. The predicted molar refractivity (Wildman–Crippen MR) is 17.8 cm³/mol. The molecule has 8 heteroatoms. The Hall–Kier alpha value is 2.39. The van der Waals surface area contributed by atoms with Crippen molar-refractivity contribution in [3.05, 3.63) is 0 Å². The molecule has 0 aliphatic rings. The van der Waals surface area contributed by atoms with Gasteiger partial charge in [0.2, 0.25) is 0 Å². The van der Waals surface area contributed by atoms with E-state index < -0.39 is 10.4 Å². The van der Waals surface area contributed by atoms with Crippen molar-refractivity contribution < 1.29 is 99.9 Å². The van der Waals surface area contributed by atoms with Crippen LogP contribution in [0.5, 0.6) is 0 Å². The molecule has 0 aromatic heterocycles. The minimum Gasteiger partial charge on any atom is -0.412 e. The second-order valence-electron chi connectivity index (χ2n) is 0.448. The molecule has 0 spiro atoms. The molecule has 0 saturated heterocycles. The Bertz CT molecular complexity index is 95.6. The van der Waals surface area contributed by atoms with E-state index in [4.69, 9.17) is 17.5 Å². The van der Waals surface area contributed by atoms with E-state index in [-0.39, 0.29) is 82.4 Å². The molecule has 0 aromatic carbocycles. The van der Waals surface area contributed by atoms with Crippen LogP contribution in [0.3, 0.4) is 0 Å². The van der Waals surface area contributed by atoms with Gasteiger partial charge >= 0.3 is 10.4 Å². The van der Waals surface area contributed by atoms with E-state index >= 15 is 0 Å². The molecule has 0 aliphatic heterocycles. The van der Waals surface area contributed by atoms with Crippen LogP contribution in [0.1, 0.15) is 0 Å². The summed E-state index contributed by atoms with van der Waals surface area (Å²) >= 11 is 0. The fourth-order valence-electron chi connectivity index (χ4n) is 0. The first-order valence-electron chi connectivity index (χ1n) is 0.698. The van der Waals surface area contributed by atoms with Crippen LogP contribution in [0.4, 0.5) is 0 Å². The Kier molecular flexibility index (Phi) is 26.3. The summed E-state index contributed by atoms with van der Waals surface area (Å²) in [6.07, 6.45) is 0. The first-order chi connectivity index (χ1) is 2.00. The summed E-state index contributed by atoms with van der Waals surface area (Å²) in [5.41, 5.74) is 0. The van der Waals surface area contributed by atoms with E-state index in [1.165, 1.54) is 0 Å². The molecule has 0 rings (SSSR count).